The van der Waals surface area contributed by atoms with E-state index in [-0.39, 0.29) is 0 Å². The smallest absolute Gasteiger partial charge is 0.135 e. The maximum atomic E-state index is 6.14. The summed E-state index contributed by atoms with van der Waals surface area (Å²) in [6.07, 6.45) is 0. The highest BCUT2D eigenvalue weighted by atomic mass is 16.3. The molecule has 7 heteroatoms. The Labute approximate surface area is 719 Å². The number of hydrogen-bond donors (Lipinski definition) is 0. The minimum absolute atomic E-state index is 0.911. The predicted octanol–water partition coefficient (Wildman–Crippen LogP) is 31.7. The number of hydrogen-bond acceptors (Lipinski definition) is 1. The van der Waals surface area contributed by atoms with E-state index in [1.807, 2.05) is 12.1 Å². The zero-order valence-electron chi connectivity index (χ0n) is 68.0. The first-order valence-corrected chi connectivity index (χ1v) is 42.9. The Morgan fingerprint density at radius 1 is 0.136 bits per heavy atom. The summed E-state index contributed by atoms with van der Waals surface area (Å²) in [5.41, 5.74) is 30.7. The van der Waals surface area contributed by atoms with Gasteiger partial charge in [0.1, 0.15) is 11.2 Å². The van der Waals surface area contributed by atoms with Crippen molar-refractivity contribution in [2.75, 3.05) is 0 Å². The van der Waals surface area contributed by atoms with Gasteiger partial charge in [-0.15, -0.1) is 0 Å². The van der Waals surface area contributed by atoms with Crippen LogP contribution in [0.25, 0.3) is 231 Å². The van der Waals surface area contributed by atoms with Gasteiger partial charge in [-0.2, -0.15) is 0 Å². The number of furan rings is 1. The van der Waals surface area contributed by atoms with Crippen LogP contribution in [0.2, 0.25) is 0 Å². The molecule has 0 N–H and O–H groups in total. The molecule has 0 fully saturated rings. The highest BCUT2D eigenvalue weighted by Crippen LogP contribution is 2.48. The quantitative estimate of drug-likeness (QED) is 0.142. The molecular weight excluding hydrogens is 1520 g/mol. The van der Waals surface area contributed by atoms with Gasteiger partial charge in [-0.3, -0.25) is 0 Å². The van der Waals surface area contributed by atoms with Crippen LogP contribution in [0.15, 0.2) is 465 Å². The second kappa shape index (κ2) is 29.0. The summed E-state index contributed by atoms with van der Waals surface area (Å²) in [5.74, 6) is 0. The van der Waals surface area contributed by atoms with Crippen molar-refractivity contribution in [3.63, 3.8) is 0 Å². The van der Waals surface area contributed by atoms with E-state index in [0.29, 0.717) is 0 Å². The van der Waals surface area contributed by atoms with Crippen molar-refractivity contribution in [3.8, 4) is 67.5 Å². The van der Waals surface area contributed by atoms with Gasteiger partial charge in [0.2, 0.25) is 0 Å². The van der Waals surface area contributed by atoms with Crippen LogP contribution >= 0.6 is 0 Å². The molecule has 0 aliphatic carbocycles. The third-order valence-electron chi connectivity index (χ3n) is 25.7. The molecule has 0 saturated carbocycles. The highest BCUT2D eigenvalue weighted by Gasteiger charge is 2.26. The van der Waals surface area contributed by atoms with Gasteiger partial charge in [0.15, 0.2) is 0 Å². The van der Waals surface area contributed by atoms with E-state index in [1.165, 1.54) is 198 Å². The highest BCUT2D eigenvalue weighted by molar-refractivity contribution is 6.32. The molecule has 0 unspecified atom stereocenters. The van der Waals surface area contributed by atoms with Crippen molar-refractivity contribution >= 4 is 164 Å². The van der Waals surface area contributed by atoms with Gasteiger partial charge in [-0.05, 0) is 209 Å². The largest absolute Gasteiger partial charge is 0.456 e. The molecular formula is C118H76N6O. The Hall–Kier alpha value is -16.7. The topological polar surface area (TPSA) is 42.7 Å². The van der Waals surface area contributed by atoms with Crippen LogP contribution in [0.1, 0.15) is 0 Å². The van der Waals surface area contributed by atoms with Gasteiger partial charge in [-0.1, -0.05) is 291 Å². The number of rotatable bonds is 9. The average Bonchev–Trinajstić information content (AvgIpc) is 1.55. The van der Waals surface area contributed by atoms with Crippen LogP contribution in [0.4, 0.5) is 0 Å². The molecule has 0 saturated heterocycles. The van der Waals surface area contributed by atoms with Crippen LogP contribution in [-0.2, 0) is 0 Å². The summed E-state index contributed by atoms with van der Waals surface area (Å²) in [6.45, 7) is 0. The zero-order chi connectivity index (χ0) is 82.2. The van der Waals surface area contributed by atoms with Crippen molar-refractivity contribution in [2.45, 2.75) is 0 Å². The van der Waals surface area contributed by atoms with Gasteiger partial charge >= 0.3 is 0 Å². The van der Waals surface area contributed by atoms with E-state index in [4.69, 9.17) is 4.42 Å². The van der Waals surface area contributed by atoms with Crippen LogP contribution in [0.5, 0.6) is 0 Å². The minimum Gasteiger partial charge on any atom is -0.456 e. The van der Waals surface area contributed by atoms with E-state index < -0.39 is 0 Å². The second-order valence-corrected chi connectivity index (χ2v) is 32.5. The minimum atomic E-state index is 0.911. The van der Waals surface area contributed by atoms with E-state index >= 15 is 0 Å². The van der Waals surface area contributed by atoms with Gasteiger partial charge in [0.05, 0.1) is 71.9 Å². The first-order valence-electron chi connectivity index (χ1n) is 42.9. The SMILES string of the molecule is c1ccc(-c2cc(-c3ccccc3)cc(-c3ccc(-n4c5ccccc5c5c6c7ccccc7n(-c7ccccc7)c6ccc54)cc3)c2)cc1.c1ccc(-n2c3ccccc3c3c4c5ccccc5n(-c5ccc6oc7ccccc7c6c5)c4ccc32)cc1.c1ccc(-n2c3ccccc3c3c4c5ccccc5n(-c5cccc6ccccc56)c4ccc32)cc1. The molecule has 7 heterocycles. The Bertz CT molecular complexity index is 8890. The number of fused-ring (bicyclic) bond motifs is 25. The van der Waals surface area contributed by atoms with Crippen LogP contribution in [-0.4, -0.2) is 27.4 Å². The molecule has 584 valence electrons. The Morgan fingerprint density at radius 3 is 0.784 bits per heavy atom. The standard InChI is InChI=1S/C48H32N2.C36H22N2O.C34H22N2/c1-4-14-33(15-5-1)36-30-37(34-16-6-2-7-17-34)32-38(31-36)35-24-26-40(27-25-35)50-44-23-13-11-21-42(44)48-46(50)29-28-45-47(48)41-20-10-12-22-43(41)49(45)39-18-8-3-9-19-39;1-2-10-23(11-3-1)37-29-15-7-4-13-26(29)35-31(37)19-20-32-36(35)27-14-5-8-16-30(27)38(32)24-18-21-34-28(22-24)25-12-6-9-17-33(25)39-34;1-2-13-24(14-3-1)35-29-18-8-6-16-26(29)33-31(35)21-22-32-34(33)27-17-7-9-19-30(27)36(32)28-20-10-12-23-11-4-5-15-25(23)28/h1-32H;1-22H;1-22H. The van der Waals surface area contributed by atoms with Crippen molar-refractivity contribution in [1.82, 2.24) is 27.4 Å². The molecule has 0 bridgehead atoms. The Morgan fingerprint density at radius 2 is 0.400 bits per heavy atom. The summed E-state index contributed by atoms with van der Waals surface area (Å²) in [4.78, 5) is 0. The number of para-hydroxylation sites is 10. The molecule has 20 aromatic carbocycles. The van der Waals surface area contributed by atoms with E-state index in [1.54, 1.807) is 0 Å². The molecule has 0 radical (unpaired) electrons. The Balaban J connectivity index is 0.000000104. The third-order valence-corrected chi connectivity index (χ3v) is 25.7. The Kier molecular flexibility index (Phi) is 16.5. The molecule has 7 aromatic heterocycles. The van der Waals surface area contributed by atoms with E-state index in [0.717, 1.165) is 33.3 Å². The lowest BCUT2D eigenvalue weighted by atomic mass is 9.93. The maximum Gasteiger partial charge on any atom is 0.135 e. The van der Waals surface area contributed by atoms with Crippen LogP contribution < -0.4 is 0 Å². The summed E-state index contributed by atoms with van der Waals surface area (Å²) >= 11 is 0. The van der Waals surface area contributed by atoms with Gasteiger partial charge < -0.3 is 31.8 Å². The molecule has 0 aliphatic heterocycles. The lowest BCUT2D eigenvalue weighted by molar-refractivity contribution is 0.669. The fourth-order valence-corrected chi connectivity index (χ4v) is 20.4. The molecule has 125 heavy (non-hydrogen) atoms. The summed E-state index contributed by atoms with van der Waals surface area (Å²) in [7, 11) is 0. The van der Waals surface area contributed by atoms with Crippen molar-refractivity contribution in [2.24, 2.45) is 0 Å². The molecule has 0 amide bonds. The third kappa shape index (κ3) is 11.4. The van der Waals surface area contributed by atoms with Crippen molar-refractivity contribution in [1.29, 1.82) is 0 Å². The maximum absolute atomic E-state index is 6.14. The molecule has 0 atom stereocenters. The summed E-state index contributed by atoms with van der Waals surface area (Å²) in [6, 6.07) is 166. The monoisotopic (exact) mass is 1590 g/mol. The molecule has 0 aliphatic rings. The van der Waals surface area contributed by atoms with Crippen LogP contribution in [0, 0.1) is 0 Å². The van der Waals surface area contributed by atoms with Crippen molar-refractivity contribution in [3.05, 3.63) is 461 Å². The molecule has 27 aromatic rings. The second-order valence-electron chi connectivity index (χ2n) is 32.5. The fourth-order valence-electron chi connectivity index (χ4n) is 20.4. The first-order chi connectivity index (χ1) is 62.1. The molecule has 7 nitrogen and oxygen atoms in total. The average molecular weight is 1590 g/mol. The summed E-state index contributed by atoms with van der Waals surface area (Å²) < 4.78 is 20.6. The number of benzene rings is 20. The number of aromatic nitrogens is 6. The first kappa shape index (κ1) is 71.2. The predicted molar refractivity (Wildman–Crippen MR) is 526 cm³/mol. The molecule has 27 rings (SSSR count). The van der Waals surface area contributed by atoms with Crippen LogP contribution in [0.3, 0.4) is 0 Å². The van der Waals surface area contributed by atoms with Crippen molar-refractivity contribution < 1.29 is 4.42 Å². The lowest BCUT2D eigenvalue weighted by Crippen LogP contribution is -1.95. The number of nitrogens with zero attached hydrogens (tertiary/aromatic N) is 6. The van der Waals surface area contributed by atoms with Gasteiger partial charge in [0.25, 0.3) is 0 Å². The van der Waals surface area contributed by atoms with E-state index in [2.05, 4.69) is 476 Å². The molecule has 0 spiro atoms. The summed E-state index contributed by atoms with van der Waals surface area (Å²) in [5, 5.41) is 20.2. The normalized spacial score (nSPS) is 11.8. The van der Waals surface area contributed by atoms with Gasteiger partial charge in [-0.25, -0.2) is 0 Å². The van der Waals surface area contributed by atoms with E-state index in [9.17, 15) is 0 Å². The lowest BCUT2D eigenvalue weighted by Gasteiger charge is -2.13. The fraction of sp³-hybridized carbons (Fsp3) is 0. The van der Waals surface area contributed by atoms with Gasteiger partial charge in [0, 0.05) is 109 Å². The zero-order valence-corrected chi connectivity index (χ0v) is 68.0.